The van der Waals surface area contributed by atoms with Crippen molar-refractivity contribution in [2.75, 3.05) is 0 Å². The van der Waals surface area contributed by atoms with Crippen molar-refractivity contribution in [1.82, 2.24) is 0 Å². The molecule has 36 heavy (non-hydrogen) atoms. The lowest BCUT2D eigenvalue weighted by Gasteiger charge is -2.23. The fourth-order valence-electron chi connectivity index (χ4n) is 5.04. The molecule has 0 spiro atoms. The van der Waals surface area contributed by atoms with Crippen LogP contribution >= 0.6 is 0 Å². The second-order valence-electron chi connectivity index (χ2n) is 11.6. The minimum absolute atomic E-state index is 0.404. The highest BCUT2D eigenvalue weighted by atomic mass is 16.4. The fourth-order valence-corrected chi connectivity index (χ4v) is 5.04. The first-order chi connectivity index (χ1) is 17.2. The van der Waals surface area contributed by atoms with E-state index in [0.29, 0.717) is 30.2 Å². The van der Waals surface area contributed by atoms with E-state index in [1.165, 1.54) is 57.8 Å². The van der Waals surface area contributed by atoms with Crippen LogP contribution < -0.4 is 0 Å². The summed E-state index contributed by atoms with van der Waals surface area (Å²) in [6, 6.07) is 5.98. The quantitative estimate of drug-likeness (QED) is 0.164. The molecule has 4 nitrogen and oxygen atoms in total. The Bertz CT molecular complexity index is 753. The van der Waals surface area contributed by atoms with Gasteiger partial charge < -0.3 is 10.2 Å². The van der Waals surface area contributed by atoms with Crippen LogP contribution in [-0.4, -0.2) is 22.2 Å². The van der Waals surface area contributed by atoms with Crippen LogP contribution in [0.3, 0.4) is 0 Å². The Labute approximate surface area is 221 Å². The van der Waals surface area contributed by atoms with Gasteiger partial charge in [-0.1, -0.05) is 111 Å². The molecular formula is C32H54O4. The molecule has 2 atom stereocenters. The largest absolute Gasteiger partial charge is 0.481 e. The maximum absolute atomic E-state index is 12.3. The van der Waals surface area contributed by atoms with E-state index in [-0.39, 0.29) is 0 Å². The SMILES string of the molecule is CCCCCCCCCCCCc1ccc(C(CCC(C)C)C(=O)O)c(C(CCC(C)C)C(=O)O)c1. The molecule has 1 aromatic carbocycles. The summed E-state index contributed by atoms with van der Waals surface area (Å²) in [4.78, 5) is 24.6. The summed E-state index contributed by atoms with van der Waals surface area (Å²) in [5, 5.41) is 20.1. The van der Waals surface area contributed by atoms with E-state index >= 15 is 0 Å². The number of aryl methyl sites for hydroxylation is 1. The summed E-state index contributed by atoms with van der Waals surface area (Å²) in [5.41, 5.74) is 2.56. The molecule has 2 N–H and O–H groups in total. The molecule has 0 aliphatic carbocycles. The molecule has 2 unspecified atom stereocenters. The van der Waals surface area contributed by atoms with Crippen LogP contribution in [0.5, 0.6) is 0 Å². The second-order valence-corrected chi connectivity index (χ2v) is 11.6. The monoisotopic (exact) mass is 502 g/mol. The fraction of sp³-hybridized carbons (Fsp3) is 0.750. The number of hydrogen-bond acceptors (Lipinski definition) is 2. The first-order valence-electron chi connectivity index (χ1n) is 14.8. The Balaban J connectivity index is 2.92. The molecule has 1 aromatic rings. The van der Waals surface area contributed by atoms with Gasteiger partial charge in [0.25, 0.3) is 0 Å². The normalized spacial score (nSPS) is 13.3. The Kier molecular flexibility index (Phi) is 16.5. The van der Waals surface area contributed by atoms with Crippen LogP contribution in [0.15, 0.2) is 18.2 Å². The third-order valence-electron chi connectivity index (χ3n) is 7.38. The van der Waals surface area contributed by atoms with Crippen LogP contribution in [0, 0.1) is 11.8 Å². The number of aliphatic carboxylic acids is 2. The summed E-state index contributed by atoms with van der Waals surface area (Å²) in [6.45, 7) is 10.6. The van der Waals surface area contributed by atoms with Gasteiger partial charge >= 0.3 is 11.9 Å². The molecule has 0 aliphatic heterocycles. The van der Waals surface area contributed by atoms with Gasteiger partial charge in [0.1, 0.15) is 0 Å². The number of hydrogen-bond donors (Lipinski definition) is 2. The van der Waals surface area contributed by atoms with Crippen molar-refractivity contribution in [1.29, 1.82) is 0 Å². The van der Waals surface area contributed by atoms with E-state index in [0.717, 1.165) is 36.8 Å². The van der Waals surface area contributed by atoms with Gasteiger partial charge in [-0.25, -0.2) is 0 Å². The zero-order valence-electron chi connectivity index (χ0n) is 23.9. The highest BCUT2D eigenvalue weighted by Crippen LogP contribution is 2.35. The Morgan fingerprint density at radius 3 is 1.53 bits per heavy atom. The molecule has 206 valence electrons. The number of rotatable bonds is 21. The molecule has 0 amide bonds. The van der Waals surface area contributed by atoms with Crippen molar-refractivity contribution < 1.29 is 19.8 Å². The lowest BCUT2D eigenvalue weighted by Crippen LogP contribution is -2.20. The van der Waals surface area contributed by atoms with Crippen molar-refractivity contribution in [3.63, 3.8) is 0 Å². The van der Waals surface area contributed by atoms with Gasteiger partial charge in [-0.2, -0.15) is 0 Å². The van der Waals surface area contributed by atoms with Gasteiger partial charge in [0.05, 0.1) is 11.8 Å². The molecule has 0 saturated carbocycles. The topological polar surface area (TPSA) is 74.6 Å². The minimum atomic E-state index is -0.854. The van der Waals surface area contributed by atoms with Crippen molar-refractivity contribution in [3.8, 4) is 0 Å². The molecule has 0 aliphatic rings. The maximum Gasteiger partial charge on any atom is 0.310 e. The third kappa shape index (κ3) is 12.9. The van der Waals surface area contributed by atoms with Crippen molar-refractivity contribution >= 4 is 11.9 Å². The van der Waals surface area contributed by atoms with Gasteiger partial charge in [-0.15, -0.1) is 0 Å². The van der Waals surface area contributed by atoms with Crippen LogP contribution in [0.1, 0.15) is 153 Å². The van der Waals surface area contributed by atoms with Gasteiger partial charge in [0.15, 0.2) is 0 Å². The predicted molar refractivity (Wildman–Crippen MR) is 151 cm³/mol. The van der Waals surface area contributed by atoms with Crippen molar-refractivity contribution in [3.05, 3.63) is 34.9 Å². The van der Waals surface area contributed by atoms with Crippen molar-refractivity contribution in [2.45, 2.75) is 143 Å². The first-order valence-corrected chi connectivity index (χ1v) is 14.8. The Morgan fingerprint density at radius 1 is 0.639 bits per heavy atom. The Morgan fingerprint density at radius 2 is 1.08 bits per heavy atom. The molecule has 0 saturated heterocycles. The van der Waals surface area contributed by atoms with E-state index in [1.807, 2.05) is 18.2 Å². The molecule has 0 bridgehead atoms. The molecule has 0 fully saturated rings. The summed E-state index contributed by atoms with van der Waals surface area (Å²) in [7, 11) is 0. The number of carboxylic acids is 2. The number of carbonyl (C=O) groups is 2. The molecule has 1 rings (SSSR count). The summed E-state index contributed by atoms with van der Waals surface area (Å²) in [5.74, 6) is -2.21. The molecule has 0 radical (unpaired) electrons. The standard InChI is InChI=1S/C32H54O4/c1-6-7-8-9-10-11-12-13-14-15-16-26-19-22-27(28(31(33)34)20-17-24(2)3)30(23-26)29(32(35)36)21-18-25(4)5/h19,22-25,28-29H,6-18,20-21H2,1-5H3,(H,33,34)(H,35,36). The molecule has 0 heterocycles. The van der Waals surface area contributed by atoms with E-state index < -0.39 is 23.8 Å². The lowest BCUT2D eigenvalue weighted by molar-refractivity contribution is -0.140. The molecule has 4 heteroatoms. The van der Waals surface area contributed by atoms with Crippen molar-refractivity contribution in [2.24, 2.45) is 11.8 Å². The van der Waals surface area contributed by atoms with E-state index in [9.17, 15) is 19.8 Å². The average molecular weight is 503 g/mol. The highest BCUT2D eigenvalue weighted by molar-refractivity contribution is 5.80. The van der Waals surface area contributed by atoms with E-state index in [2.05, 4.69) is 34.6 Å². The van der Waals surface area contributed by atoms with Crippen LogP contribution in [0.25, 0.3) is 0 Å². The number of carboxylic acid groups (broad SMARTS) is 2. The minimum Gasteiger partial charge on any atom is -0.481 e. The van der Waals surface area contributed by atoms with Gasteiger partial charge in [-0.05, 0) is 67.1 Å². The second kappa shape index (κ2) is 18.4. The third-order valence-corrected chi connectivity index (χ3v) is 7.38. The molecular weight excluding hydrogens is 448 g/mol. The lowest BCUT2D eigenvalue weighted by atomic mass is 9.80. The summed E-state index contributed by atoms with van der Waals surface area (Å²) < 4.78 is 0. The van der Waals surface area contributed by atoms with Crippen LogP contribution in [0.4, 0.5) is 0 Å². The van der Waals surface area contributed by atoms with Crippen LogP contribution in [-0.2, 0) is 16.0 Å². The average Bonchev–Trinajstić information content (AvgIpc) is 2.80. The highest BCUT2D eigenvalue weighted by Gasteiger charge is 2.29. The number of benzene rings is 1. The Hall–Kier alpha value is -1.84. The zero-order valence-corrected chi connectivity index (χ0v) is 23.9. The first kappa shape index (κ1) is 32.2. The maximum atomic E-state index is 12.3. The summed E-state index contributed by atoms with van der Waals surface area (Å²) >= 11 is 0. The van der Waals surface area contributed by atoms with Gasteiger partial charge in [0.2, 0.25) is 0 Å². The molecule has 0 aromatic heterocycles. The van der Waals surface area contributed by atoms with Gasteiger partial charge in [-0.3, -0.25) is 9.59 Å². The van der Waals surface area contributed by atoms with E-state index in [4.69, 9.17) is 0 Å². The predicted octanol–water partition coefficient (Wildman–Crippen LogP) is 9.36. The zero-order chi connectivity index (χ0) is 26.9. The number of unbranched alkanes of at least 4 members (excludes halogenated alkanes) is 9. The summed E-state index contributed by atoms with van der Waals surface area (Å²) in [6.07, 6.45) is 16.5. The van der Waals surface area contributed by atoms with Gasteiger partial charge in [0, 0.05) is 0 Å². The van der Waals surface area contributed by atoms with Crippen LogP contribution in [0.2, 0.25) is 0 Å². The van der Waals surface area contributed by atoms with E-state index in [1.54, 1.807) is 0 Å². The smallest absolute Gasteiger partial charge is 0.310 e.